The van der Waals surface area contributed by atoms with Crippen LogP contribution in [0.4, 0.5) is 5.82 Å². The Kier molecular flexibility index (Phi) is 3.44. The molecule has 0 bridgehead atoms. The normalized spacial score (nSPS) is 15.9. The molecule has 0 unspecified atom stereocenters. The quantitative estimate of drug-likeness (QED) is 0.843. The molecule has 1 aromatic rings. The lowest BCUT2D eigenvalue weighted by atomic mass is 9.85. The van der Waals surface area contributed by atoms with E-state index in [2.05, 4.69) is 29.9 Å². The number of anilines is 1. The summed E-state index contributed by atoms with van der Waals surface area (Å²) in [6.45, 7) is 3.81. The van der Waals surface area contributed by atoms with Gasteiger partial charge in [-0.05, 0) is 42.9 Å². The number of aryl methyl sites for hydroxylation is 1. The zero-order valence-corrected chi connectivity index (χ0v) is 10.2. The van der Waals surface area contributed by atoms with Gasteiger partial charge in [0, 0.05) is 26.3 Å². The van der Waals surface area contributed by atoms with Gasteiger partial charge in [0.15, 0.2) is 0 Å². The van der Waals surface area contributed by atoms with Crippen molar-refractivity contribution in [3.8, 4) is 0 Å². The van der Waals surface area contributed by atoms with Crippen LogP contribution in [0, 0.1) is 12.8 Å². The van der Waals surface area contributed by atoms with Gasteiger partial charge in [0.1, 0.15) is 5.82 Å². The largest absolute Gasteiger partial charge is 0.359 e. The number of hydrogen-bond donors (Lipinski definition) is 1. The molecular weight excluding hydrogens is 198 g/mol. The van der Waals surface area contributed by atoms with Gasteiger partial charge >= 0.3 is 0 Å². The zero-order chi connectivity index (χ0) is 11.5. The van der Waals surface area contributed by atoms with Gasteiger partial charge in [-0.25, -0.2) is 4.98 Å². The molecule has 0 saturated heterocycles. The summed E-state index contributed by atoms with van der Waals surface area (Å²) in [5.74, 6) is 1.98. The monoisotopic (exact) mass is 219 g/mol. The van der Waals surface area contributed by atoms with Crippen LogP contribution in [-0.2, 0) is 6.54 Å². The Balaban J connectivity index is 2.06. The summed E-state index contributed by atoms with van der Waals surface area (Å²) in [5.41, 5.74) is 7.94. The predicted molar refractivity (Wildman–Crippen MR) is 67.5 cm³/mol. The van der Waals surface area contributed by atoms with Gasteiger partial charge in [-0.1, -0.05) is 6.42 Å². The van der Waals surface area contributed by atoms with Crippen LogP contribution >= 0.6 is 0 Å². The van der Waals surface area contributed by atoms with Crippen molar-refractivity contribution in [1.29, 1.82) is 0 Å². The summed E-state index contributed by atoms with van der Waals surface area (Å²) in [5, 5.41) is 0. The van der Waals surface area contributed by atoms with Crippen molar-refractivity contribution in [2.75, 3.05) is 18.5 Å². The Labute approximate surface area is 97.7 Å². The minimum atomic E-state index is 0.570. The lowest BCUT2D eigenvalue weighted by Gasteiger charge is -2.31. The number of nitrogens with zero attached hydrogens (tertiary/aromatic N) is 2. The van der Waals surface area contributed by atoms with Gasteiger partial charge < -0.3 is 10.6 Å². The highest BCUT2D eigenvalue weighted by molar-refractivity contribution is 5.46. The second-order valence-electron chi connectivity index (χ2n) is 4.87. The SMILES string of the molecule is Cc1cc(CN)cnc1N(C)CC1CCC1. The Morgan fingerprint density at radius 2 is 2.25 bits per heavy atom. The number of rotatable bonds is 4. The molecule has 3 heteroatoms. The van der Waals surface area contributed by atoms with Crippen LogP contribution in [0.1, 0.15) is 30.4 Å². The number of hydrogen-bond acceptors (Lipinski definition) is 3. The molecule has 0 aliphatic heterocycles. The molecule has 2 rings (SSSR count). The Morgan fingerprint density at radius 1 is 1.50 bits per heavy atom. The molecule has 3 nitrogen and oxygen atoms in total. The summed E-state index contributed by atoms with van der Waals surface area (Å²) in [7, 11) is 2.13. The second kappa shape index (κ2) is 4.83. The maximum Gasteiger partial charge on any atom is 0.131 e. The predicted octanol–water partition coefficient (Wildman–Crippen LogP) is 2.09. The van der Waals surface area contributed by atoms with Crippen molar-refractivity contribution in [3.05, 3.63) is 23.4 Å². The van der Waals surface area contributed by atoms with E-state index >= 15 is 0 Å². The summed E-state index contributed by atoms with van der Waals surface area (Å²) in [6, 6.07) is 2.14. The fourth-order valence-electron chi connectivity index (χ4n) is 2.29. The molecule has 1 aliphatic carbocycles. The number of aromatic nitrogens is 1. The molecule has 1 fully saturated rings. The van der Waals surface area contributed by atoms with E-state index in [-0.39, 0.29) is 0 Å². The molecule has 1 heterocycles. The molecule has 0 aromatic carbocycles. The van der Waals surface area contributed by atoms with Crippen molar-refractivity contribution in [1.82, 2.24) is 4.98 Å². The summed E-state index contributed by atoms with van der Waals surface area (Å²) in [4.78, 5) is 6.78. The van der Waals surface area contributed by atoms with Gasteiger partial charge in [0.2, 0.25) is 0 Å². The van der Waals surface area contributed by atoms with Crippen LogP contribution in [0.2, 0.25) is 0 Å². The first-order valence-electron chi connectivity index (χ1n) is 6.07. The summed E-state index contributed by atoms with van der Waals surface area (Å²) < 4.78 is 0. The van der Waals surface area contributed by atoms with E-state index in [1.807, 2.05) is 6.20 Å². The highest BCUT2D eigenvalue weighted by Crippen LogP contribution is 2.28. The standard InChI is InChI=1S/C13H21N3/c1-10-6-12(7-14)8-15-13(10)16(2)9-11-4-3-5-11/h6,8,11H,3-5,7,9,14H2,1-2H3. The van der Waals surface area contributed by atoms with E-state index in [1.165, 1.54) is 24.8 Å². The minimum absolute atomic E-state index is 0.570. The molecule has 1 saturated carbocycles. The lowest BCUT2D eigenvalue weighted by Crippen LogP contribution is -2.30. The van der Waals surface area contributed by atoms with Crippen molar-refractivity contribution in [2.24, 2.45) is 11.7 Å². The first-order valence-corrected chi connectivity index (χ1v) is 6.07. The Hall–Kier alpha value is -1.09. The van der Waals surface area contributed by atoms with Gasteiger partial charge in [-0.3, -0.25) is 0 Å². The third-order valence-electron chi connectivity index (χ3n) is 3.46. The average molecular weight is 219 g/mol. The van der Waals surface area contributed by atoms with Gasteiger partial charge in [0.05, 0.1) is 0 Å². The molecular formula is C13H21N3. The van der Waals surface area contributed by atoms with Crippen molar-refractivity contribution in [2.45, 2.75) is 32.7 Å². The Bertz CT molecular complexity index is 358. The Morgan fingerprint density at radius 3 is 2.75 bits per heavy atom. The third kappa shape index (κ3) is 2.35. The first-order chi connectivity index (χ1) is 7.70. The van der Waals surface area contributed by atoms with Gasteiger partial charge in [-0.15, -0.1) is 0 Å². The van der Waals surface area contributed by atoms with E-state index in [9.17, 15) is 0 Å². The van der Waals surface area contributed by atoms with E-state index < -0.39 is 0 Å². The third-order valence-corrected chi connectivity index (χ3v) is 3.46. The van der Waals surface area contributed by atoms with Crippen LogP contribution in [-0.4, -0.2) is 18.6 Å². The second-order valence-corrected chi connectivity index (χ2v) is 4.87. The molecule has 1 aromatic heterocycles. The highest BCUT2D eigenvalue weighted by Gasteiger charge is 2.20. The van der Waals surface area contributed by atoms with Crippen molar-refractivity contribution >= 4 is 5.82 Å². The van der Waals surface area contributed by atoms with Gasteiger partial charge in [0.25, 0.3) is 0 Å². The van der Waals surface area contributed by atoms with Crippen LogP contribution in [0.15, 0.2) is 12.3 Å². The molecule has 0 radical (unpaired) electrons. The van der Waals surface area contributed by atoms with Crippen LogP contribution in [0.3, 0.4) is 0 Å². The van der Waals surface area contributed by atoms with E-state index in [0.29, 0.717) is 6.54 Å². The van der Waals surface area contributed by atoms with E-state index in [0.717, 1.165) is 23.8 Å². The van der Waals surface area contributed by atoms with Crippen molar-refractivity contribution < 1.29 is 0 Å². The van der Waals surface area contributed by atoms with Crippen molar-refractivity contribution in [3.63, 3.8) is 0 Å². The topological polar surface area (TPSA) is 42.1 Å². The van der Waals surface area contributed by atoms with Gasteiger partial charge in [-0.2, -0.15) is 0 Å². The average Bonchev–Trinajstić information content (AvgIpc) is 2.23. The molecule has 0 amide bonds. The molecule has 2 N–H and O–H groups in total. The van der Waals surface area contributed by atoms with E-state index in [1.54, 1.807) is 0 Å². The smallest absolute Gasteiger partial charge is 0.131 e. The van der Waals surface area contributed by atoms with Crippen LogP contribution < -0.4 is 10.6 Å². The zero-order valence-electron chi connectivity index (χ0n) is 10.2. The maximum atomic E-state index is 5.60. The molecule has 16 heavy (non-hydrogen) atoms. The van der Waals surface area contributed by atoms with Crippen LogP contribution in [0.25, 0.3) is 0 Å². The minimum Gasteiger partial charge on any atom is -0.359 e. The molecule has 0 spiro atoms. The maximum absolute atomic E-state index is 5.60. The highest BCUT2D eigenvalue weighted by atomic mass is 15.2. The van der Waals surface area contributed by atoms with E-state index in [4.69, 9.17) is 5.73 Å². The van der Waals surface area contributed by atoms with Crippen LogP contribution in [0.5, 0.6) is 0 Å². The summed E-state index contributed by atoms with van der Waals surface area (Å²) in [6.07, 6.45) is 6.05. The first kappa shape index (κ1) is 11.4. The summed E-state index contributed by atoms with van der Waals surface area (Å²) >= 11 is 0. The molecule has 1 aliphatic rings. The fourth-order valence-corrected chi connectivity index (χ4v) is 2.29. The lowest BCUT2D eigenvalue weighted by molar-refractivity contribution is 0.321. The molecule has 88 valence electrons. The number of pyridine rings is 1. The number of nitrogens with two attached hydrogens (primary N) is 1. The fraction of sp³-hybridized carbons (Fsp3) is 0.615. The molecule has 0 atom stereocenters.